The summed E-state index contributed by atoms with van der Waals surface area (Å²) in [5.41, 5.74) is 1.06. The van der Waals surface area contributed by atoms with Gasteiger partial charge in [-0.1, -0.05) is 18.2 Å². The average molecular weight is 385 g/mol. The van der Waals surface area contributed by atoms with Gasteiger partial charge in [-0.15, -0.1) is 0 Å². The molecule has 0 saturated heterocycles. The molecule has 0 aliphatic carbocycles. The van der Waals surface area contributed by atoms with E-state index in [9.17, 15) is 24.5 Å². The molecule has 28 heavy (non-hydrogen) atoms. The summed E-state index contributed by atoms with van der Waals surface area (Å²) in [6.07, 6.45) is -1.41. The molecule has 0 unspecified atom stereocenters. The van der Waals surface area contributed by atoms with Crippen LogP contribution in [0.1, 0.15) is 19.4 Å². The zero-order chi connectivity index (χ0) is 20.7. The Hall–Kier alpha value is -3.75. The molecule has 1 atom stereocenters. The van der Waals surface area contributed by atoms with Crippen molar-refractivity contribution in [1.29, 1.82) is 0 Å². The van der Waals surface area contributed by atoms with Crippen LogP contribution in [-0.4, -0.2) is 28.8 Å². The van der Waals surface area contributed by atoms with Crippen molar-refractivity contribution in [3.63, 3.8) is 0 Å². The van der Waals surface area contributed by atoms with E-state index < -0.39 is 22.9 Å². The maximum absolute atomic E-state index is 12.2. The largest absolute Gasteiger partial charge is 0.452 e. The molecule has 0 heterocycles. The molecule has 0 fully saturated rings. The van der Waals surface area contributed by atoms with E-state index in [0.29, 0.717) is 11.4 Å². The lowest BCUT2D eigenvalue weighted by Crippen LogP contribution is -2.30. The Balaban J connectivity index is 1.92. The number of nitrogens with zero attached hydrogens (tertiary/aromatic N) is 1. The Labute approximate surface area is 160 Å². The van der Waals surface area contributed by atoms with Crippen molar-refractivity contribution >= 4 is 34.8 Å². The minimum Gasteiger partial charge on any atom is -0.452 e. The fraction of sp³-hybridized carbons (Fsp3) is 0.211. The molecule has 9 nitrogen and oxygen atoms in total. The Morgan fingerprint density at radius 3 is 2.18 bits per heavy atom. The van der Waals surface area contributed by atoms with Gasteiger partial charge in [0.05, 0.1) is 11.3 Å². The van der Waals surface area contributed by atoms with Crippen molar-refractivity contribution in [3.8, 4) is 0 Å². The summed E-state index contributed by atoms with van der Waals surface area (Å²) in [6.45, 7) is 2.79. The molecule has 0 spiro atoms. The van der Waals surface area contributed by atoms with Crippen LogP contribution in [0.3, 0.4) is 0 Å². The summed E-state index contributed by atoms with van der Waals surface area (Å²) in [7, 11) is 0. The Kier molecular flexibility index (Phi) is 6.80. The number of nitro groups is 1. The van der Waals surface area contributed by atoms with Gasteiger partial charge in [0.15, 0.2) is 6.10 Å². The van der Waals surface area contributed by atoms with Crippen LogP contribution in [0.25, 0.3) is 0 Å². The first-order valence-corrected chi connectivity index (χ1v) is 8.36. The number of anilines is 2. The van der Waals surface area contributed by atoms with E-state index in [4.69, 9.17) is 4.74 Å². The van der Waals surface area contributed by atoms with Crippen LogP contribution in [0.2, 0.25) is 0 Å². The van der Waals surface area contributed by atoms with Crippen LogP contribution in [0.15, 0.2) is 48.5 Å². The summed E-state index contributed by atoms with van der Waals surface area (Å²) >= 11 is 0. The summed E-state index contributed by atoms with van der Waals surface area (Å²) in [5, 5.41) is 16.2. The van der Waals surface area contributed by atoms with Gasteiger partial charge in [0, 0.05) is 29.9 Å². The average Bonchev–Trinajstić information content (AvgIpc) is 2.63. The van der Waals surface area contributed by atoms with Gasteiger partial charge in [-0.05, 0) is 31.2 Å². The molecule has 2 aromatic rings. The van der Waals surface area contributed by atoms with Crippen LogP contribution in [0.5, 0.6) is 0 Å². The number of ether oxygens (including phenoxy) is 1. The SMILES string of the molecule is CC(=O)Nc1ccc(NC(=O)[C@H](C)OC(=O)Cc2ccccc2[N+](=O)[O-])cc1. The maximum Gasteiger partial charge on any atom is 0.311 e. The predicted octanol–water partition coefficient (Wildman–Crippen LogP) is 2.67. The third-order valence-corrected chi connectivity index (χ3v) is 3.67. The number of nitrogens with one attached hydrogen (secondary N) is 2. The van der Waals surface area contributed by atoms with Gasteiger partial charge < -0.3 is 15.4 Å². The third-order valence-electron chi connectivity index (χ3n) is 3.67. The maximum atomic E-state index is 12.2. The minimum atomic E-state index is -1.09. The second kappa shape index (κ2) is 9.26. The summed E-state index contributed by atoms with van der Waals surface area (Å²) < 4.78 is 5.07. The first-order valence-electron chi connectivity index (χ1n) is 8.36. The van der Waals surface area contributed by atoms with Gasteiger partial charge in [-0.25, -0.2) is 0 Å². The molecule has 0 bridgehead atoms. The number of carbonyl (C=O) groups excluding carboxylic acids is 3. The molecule has 2 aromatic carbocycles. The van der Waals surface area contributed by atoms with Crippen molar-refractivity contribution in [2.45, 2.75) is 26.4 Å². The van der Waals surface area contributed by atoms with Crippen molar-refractivity contribution in [2.75, 3.05) is 10.6 Å². The monoisotopic (exact) mass is 385 g/mol. The van der Waals surface area contributed by atoms with E-state index in [1.165, 1.54) is 32.0 Å². The fourth-order valence-corrected chi connectivity index (χ4v) is 2.37. The number of hydrogen-bond acceptors (Lipinski definition) is 6. The van der Waals surface area contributed by atoms with Crippen LogP contribution in [0.4, 0.5) is 17.1 Å². The number of hydrogen-bond donors (Lipinski definition) is 2. The molecule has 0 aliphatic rings. The molecule has 0 saturated carbocycles. The highest BCUT2D eigenvalue weighted by Crippen LogP contribution is 2.19. The van der Waals surface area contributed by atoms with Crippen LogP contribution < -0.4 is 10.6 Å². The lowest BCUT2D eigenvalue weighted by molar-refractivity contribution is -0.385. The molecular formula is C19H19N3O6. The van der Waals surface area contributed by atoms with E-state index in [1.807, 2.05) is 0 Å². The van der Waals surface area contributed by atoms with Gasteiger partial charge in [0.1, 0.15) is 0 Å². The summed E-state index contributed by atoms with van der Waals surface area (Å²) in [6, 6.07) is 12.2. The van der Waals surface area contributed by atoms with Gasteiger partial charge in [-0.3, -0.25) is 24.5 Å². The van der Waals surface area contributed by atoms with Crippen molar-refractivity contribution < 1.29 is 24.0 Å². The Morgan fingerprint density at radius 2 is 1.61 bits per heavy atom. The number of rotatable bonds is 7. The predicted molar refractivity (Wildman–Crippen MR) is 102 cm³/mol. The van der Waals surface area contributed by atoms with E-state index >= 15 is 0 Å². The molecule has 2 amide bonds. The third kappa shape index (κ3) is 5.90. The van der Waals surface area contributed by atoms with Gasteiger partial charge in [-0.2, -0.15) is 0 Å². The second-order valence-electron chi connectivity index (χ2n) is 5.94. The second-order valence-corrected chi connectivity index (χ2v) is 5.94. The number of esters is 1. The van der Waals surface area contributed by atoms with Crippen molar-refractivity contribution in [3.05, 3.63) is 64.2 Å². The highest BCUT2D eigenvalue weighted by Gasteiger charge is 2.21. The molecular weight excluding hydrogens is 366 g/mol. The standard InChI is InChI=1S/C19H19N3O6/c1-12(19(25)21-16-9-7-15(8-10-16)20-13(2)23)28-18(24)11-14-5-3-4-6-17(14)22(26)27/h3-10,12H,11H2,1-2H3,(H,20,23)(H,21,25)/t12-/m0/s1. The van der Waals surface area contributed by atoms with Crippen LogP contribution in [-0.2, 0) is 25.5 Å². The lowest BCUT2D eigenvalue weighted by atomic mass is 10.1. The molecule has 0 aromatic heterocycles. The van der Waals surface area contributed by atoms with Gasteiger partial charge in [0.2, 0.25) is 5.91 Å². The molecule has 2 rings (SSSR count). The fourth-order valence-electron chi connectivity index (χ4n) is 2.37. The van der Waals surface area contributed by atoms with E-state index in [2.05, 4.69) is 10.6 Å². The highest BCUT2D eigenvalue weighted by atomic mass is 16.6. The van der Waals surface area contributed by atoms with E-state index in [-0.39, 0.29) is 23.6 Å². The lowest BCUT2D eigenvalue weighted by Gasteiger charge is -2.14. The quantitative estimate of drug-likeness (QED) is 0.428. The molecule has 146 valence electrons. The summed E-state index contributed by atoms with van der Waals surface area (Å²) in [4.78, 5) is 45.6. The first kappa shape index (κ1) is 20.6. The number of carbonyl (C=O) groups is 3. The first-order chi connectivity index (χ1) is 13.3. The van der Waals surface area contributed by atoms with Gasteiger partial charge in [0.25, 0.3) is 11.6 Å². The zero-order valence-corrected chi connectivity index (χ0v) is 15.3. The van der Waals surface area contributed by atoms with E-state index in [0.717, 1.165) is 0 Å². The molecule has 0 radical (unpaired) electrons. The topological polar surface area (TPSA) is 128 Å². The highest BCUT2D eigenvalue weighted by molar-refractivity contribution is 5.95. The molecule has 2 N–H and O–H groups in total. The number of benzene rings is 2. The molecule has 9 heteroatoms. The number of amides is 2. The Bertz CT molecular complexity index is 895. The molecule has 0 aliphatic heterocycles. The Morgan fingerprint density at radius 1 is 1.04 bits per heavy atom. The minimum absolute atomic E-state index is 0.184. The van der Waals surface area contributed by atoms with Crippen LogP contribution in [0, 0.1) is 10.1 Å². The van der Waals surface area contributed by atoms with Crippen molar-refractivity contribution in [2.24, 2.45) is 0 Å². The van der Waals surface area contributed by atoms with Crippen molar-refractivity contribution in [1.82, 2.24) is 0 Å². The van der Waals surface area contributed by atoms with Crippen LogP contribution >= 0.6 is 0 Å². The number of para-hydroxylation sites is 1. The smallest absolute Gasteiger partial charge is 0.311 e. The normalized spacial score (nSPS) is 11.2. The number of nitro benzene ring substituents is 1. The summed E-state index contributed by atoms with van der Waals surface area (Å²) in [5.74, 6) is -1.52. The van der Waals surface area contributed by atoms with Gasteiger partial charge >= 0.3 is 5.97 Å². The zero-order valence-electron chi connectivity index (χ0n) is 15.3. The van der Waals surface area contributed by atoms with E-state index in [1.54, 1.807) is 30.3 Å².